The number of hydrogen-bond acceptors (Lipinski definition) is 5. The van der Waals surface area contributed by atoms with Gasteiger partial charge in [-0.3, -0.25) is 14.8 Å². The molecule has 1 aliphatic carbocycles. The Morgan fingerprint density at radius 2 is 2.13 bits per heavy atom. The lowest BCUT2D eigenvalue weighted by atomic mass is 10.0. The van der Waals surface area contributed by atoms with Crippen LogP contribution in [0.5, 0.6) is 0 Å². The van der Waals surface area contributed by atoms with Gasteiger partial charge in [0, 0.05) is 4.88 Å². The predicted molar refractivity (Wildman–Crippen MR) is 91.8 cm³/mol. The van der Waals surface area contributed by atoms with E-state index in [0.29, 0.717) is 13.1 Å². The molecule has 0 saturated carbocycles. The van der Waals surface area contributed by atoms with E-state index < -0.39 is 0 Å². The molecule has 0 saturated heterocycles. The molecule has 0 fully saturated rings. The van der Waals surface area contributed by atoms with Crippen molar-refractivity contribution in [3.8, 4) is 0 Å². The molecule has 0 spiro atoms. The van der Waals surface area contributed by atoms with E-state index in [1.165, 1.54) is 23.4 Å². The number of anilines is 1. The van der Waals surface area contributed by atoms with Crippen LogP contribution in [-0.4, -0.2) is 39.6 Å². The first-order valence-electron chi connectivity index (χ1n) is 8.00. The number of nitrogens with one attached hydrogen (secondary N) is 2. The van der Waals surface area contributed by atoms with Gasteiger partial charge in [-0.05, 0) is 46.6 Å². The molecule has 1 aliphatic rings. The van der Waals surface area contributed by atoms with Crippen molar-refractivity contribution in [2.45, 2.75) is 46.1 Å². The summed E-state index contributed by atoms with van der Waals surface area (Å²) in [5, 5.41) is 11.0. The molecule has 6 nitrogen and oxygen atoms in total. The van der Waals surface area contributed by atoms with Crippen LogP contribution in [0.3, 0.4) is 0 Å². The quantitative estimate of drug-likeness (QED) is 0.881. The van der Waals surface area contributed by atoms with Crippen molar-refractivity contribution in [3.05, 3.63) is 27.0 Å². The summed E-state index contributed by atoms with van der Waals surface area (Å²) in [6.07, 6.45) is 4.79. The molecule has 3 rings (SSSR count). The number of thiazole rings is 1. The molecule has 124 valence electrons. The number of aryl methyl sites for hydroxylation is 4. The van der Waals surface area contributed by atoms with Crippen LogP contribution in [0.4, 0.5) is 5.69 Å². The van der Waals surface area contributed by atoms with Crippen LogP contribution in [0.25, 0.3) is 0 Å². The molecule has 2 aromatic rings. The second kappa shape index (κ2) is 6.80. The number of aromatic nitrogens is 3. The summed E-state index contributed by atoms with van der Waals surface area (Å²) < 4.78 is 0. The zero-order valence-electron chi connectivity index (χ0n) is 13.9. The van der Waals surface area contributed by atoms with Crippen LogP contribution in [0, 0.1) is 13.8 Å². The second-order valence-electron chi connectivity index (χ2n) is 6.21. The summed E-state index contributed by atoms with van der Waals surface area (Å²) in [6, 6.07) is 0. The smallest absolute Gasteiger partial charge is 0.238 e. The Labute approximate surface area is 140 Å². The van der Waals surface area contributed by atoms with Crippen LogP contribution >= 0.6 is 11.3 Å². The van der Waals surface area contributed by atoms with E-state index in [4.69, 9.17) is 4.98 Å². The van der Waals surface area contributed by atoms with Gasteiger partial charge in [0.2, 0.25) is 5.91 Å². The molecule has 0 aromatic carbocycles. The fourth-order valence-corrected chi connectivity index (χ4v) is 4.16. The van der Waals surface area contributed by atoms with E-state index in [1.807, 2.05) is 25.8 Å². The average Bonchev–Trinajstić information content (AvgIpc) is 3.04. The van der Waals surface area contributed by atoms with Gasteiger partial charge in [-0.15, -0.1) is 11.3 Å². The summed E-state index contributed by atoms with van der Waals surface area (Å²) in [6.45, 7) is 4.84. The van der Waals surface area contributed by atoms with E-state index in [0.717, 1.165) is 34.9 Å². The van der Waals surface area contributed by atoms with Gasteiger partial charge in [0.1, 0.15) is 5.01 Å². The number of nitrogens with zero attached hydrogens (tertiary/aromatic N) is 3. The van der Waals surface area contributed by atoms with Gasteiger partial charge in [-0.25, -0.2) is 4.98 Å². The molecule has 23 heavy (non-hydrogen) atoms. The lowest BCUT2D eigenvalue weighted by molar-refractivity contribution is -0.117. The third-order valence-electron chi connectivity index (χ3n) is 4.10. The second-order valence-corrected chi connectivity index (χ2v) is 7.38. The number of carbonyl (C=O) groups is 1. The van der Waals surface area contributed by atoms with E-state index in [9.17, 15) is 4.79 Å². The Morgan fingerprint density at radius 3 is 2.83 bits per heavy atom. The minimum absolute atomic E-state index is 0.0265. The molecule has 2 aromatic heterocycles. The lowest BCUT2D eigenvalue weighted by Gasteiger charge is -2.14. The minimum Gasteiger partial charge on any atom is -0.322 e. The normalized spacial score (nSPS) is 14.1. The van der Waals surface area contributed by atoms with E-state index >= 15 is 0 Å². The topological polar surface area (TPSA) is 73.9 Å². The summed E-state index contributed by atoms with van der Waals surface area (Å²) in [5.41, 5.74) is 3.75. The molecule has 0 radical (unpaired) electrons. The number of fused-ring (bicyclic) bond motifs is 1. The fraction of sp³-hybridized carbons (Fsp3) is 0.562. The van der Waals surface area contributed by atoms with Crippen molar-refractivity contribution < 1.29 is 4.79 Å². The molecule has 7 heteroatoms. The van der Waals surface area contributed by atoms with Gasteiger partial charge < -0.3 is 5.32 Å². The third kappa shape index (κ3) is 3.79. The molecule has 0 atom stereocenters. The van der Waals surface area contributed by atoms with Crippen molar-refractivity contribution in [2.75, 3.05) is 18.9 Å². The van der Waals surface area contributed by atoms with Crippen molar-refractivity contribution in [1.29, 1.82) is 0 Å². The molecule has 2 N–H and O–H groups in total. The maximum Gasteiger partial charge on any atom is 0.238 e. The van der Waals surface area contributed by atoms with Crippen LogP contribution in [-0.2, 0) is 24.2 Å². The lowest BCUT2D eigenvalue weighted by Crippen LogP contribution is -2.30. The summed E-state index contributed by atoms with van der Waals surface area (Å²) in [5.74, 6) is -0.0265. The van der Waals surface area contributed by atoms with Crippen molar-refractivity contribution >= 4 is 22.9 Å². The monoisotopic (exact) mass is 333 g/mol. The number of likely N-dealkylation sites (N-methyl/N-ethyl adjacent to an activating group) is 1. The number of hydrogen-bond donors (Lipinski definition) is 2. The van der Waals surface area contributed by atoms with Crippen LogP contribution in [0.1, 0.15) is 39.8 Å². The molecule has 1 amide bonds. The van der Waals surface area contributed by atoms with E-state index in [-0.39, 0.29) is 5.91 Å². The average molecular weight is 333 g/mol. The summed E-state index contributed by atoms with van der Waals surface area (Å²) in [4.78, 5) is 20.4. The van der Waals surface area contributed by atoms with Gasteiger partial charge in [0.25, 0.3) is 0 Å². The summed E-state index contributed by atoms with van der Waals surface area (Å²) >= 11 is 1.80. The number of aromatic amines is 1. The maximum atomic E-state index is 12.2. The van der Waals surface area contributed by atoms with Gasteiger partial charge >= 0.3 is 0 Å². The highest BCUT2D eigenvalue weighted by atomic mass is 32.1. The Hall–Kier alpha value is -1.73. The number of H-pyrrole nitrogens is 1. The van der Waals surface area contributed by atoms with Crippen LogP contribution in [0.15, 0.2) is 0 Å². The Bertz CT molecular complexity index is 662. The molecule has 2 heterocycles. The van der Waals surface area contributed by atoms with Crippen LogP contribution in [0.2, 0.25) is 0 Å². The predicted octanol–water partition coefficient (Wildman–Crippen LogP) is 2.43. The van der Waals surface area contributed by atoms with Crippen molar-refractivity contribution in [2.24, 2.45) is 0 Å². The highest BCUT2D eigenvalue weighted by Crippen LogP contribution is 2.27. The Balaban J connectivity index is 1.55. The molecular weight excluding hydrogens is 310 g/mol. The molecule has 0 aliphatic heterocycles. The first kappa shape index (κ1) is 16.1. The van der Waals surface area contributed by atoms with E-state index in [1.54, 1.807) is 11.3 Å². The van der Waals surface area contributed by atoms with Crippen molar-refractivity contribution in [1.82, 2.24) is 20.1 Å². The minimum atomic E-state index is -0.0265. The molecule has 0 bridgehead atoms. The summed E-state index contributed by atoms with van der Waals surface area (Å²) in [7, 11) is 1.95. The first-order valence-corrected chi connectivity index (χ1v) is 8.82. The number of rotatable bonds is 5. The fourth-order valence-electron chi connectivity index (χ4n) is 2.92. The SMILES string of the molecule is Cc1n[nH]c(C)c1NC(=O)CN(C)Cc1nc2c(s1)CCCC2. The van der Waals surface area contributed by atoms with Gasteiger partial charge in [-0.2, -0.15) is 5.10 Å². The Kier molecular flexibility index (Phi) is 4.77. The largest absolute Gasteiger partial charge is 0.322 e. The third-order valence-corrected chi connectivity index (χ3v) is 5.24. The highest BCUT2D eigenvalue weighted by molar-refractivity contribution is 7.11. The van der Waals surface area contributed by atoms with Gasteiger partial charge in [0.15, 0.2) is 0 Å². The molecular formula is C16H23N5OS. The van der Waals surface area contributed by atoms with E-state index in [2.05, 4.69) is 15.5 Å². The standard InChI is InChI=1S/C16H23N5OS/c1-10-16(11(2)20-19-10)18-14(22)8-21(3)9-15-17-12-6-4-5-7-13(12)23-15/h4-9H2,1-3H3,(H,18,22)(H,19,20). The first-order chi connectivity index (χ1) is 11.0. The Morgan fingerprint density at radius 1 is 1.35 bits per heavy atom. The number of amides is 1. The zero-order chi connectivity index (χ0) is 16.4. The molecule has 0 unspecified atom stereocenters. The van der Waals surface area contributed by atoms with Crippen molar-refractivity contribution in [3.63, 3.8) is 0 Å². The van der Waals surface area contributed by atoms with Gasteiger partial charge in [-0.1, -0.05) is 0 Å². The maximum absolute atomic E-state index is 12.2. The zero-order valence-corrected chi connectivity index (χ0v) is 14.7. The number of carbonyl (C=O) groups excluding carboxylic acids is 1. The van der Waals surface area contributed by atoms with Crippen LogP contribution < -0.4 is 5.32 Å². The highest BCUT2D eigenvalue weighted by Gasteiger charge is 2.17. The van der Waals surface area contributed by atoms with Gasteiger partial charge in [0.05, 0.1) is 35.9 Å².